The summed E-state index contributed by atoms with van der Waals surface area (Å²) in [6.45, 7) is 2.51. The van der Waals surface area contributed by atoms with E-state index in [0.29, 0.717) is 13.2 Å². The number of carbonyl (C=O) groups excluding carboxylic acids is 1. The standard InChI is InChI=1S/C19H23N7O2/c20-9-12-28-16-3-1-15(2-4-16)22-19(27)14-7-10-25(11-8-14)18-6-5-17-23-21-13-26(17)24-18/h1-6,13-14H,7-12,20H2,(H,22,27). The van der Waals surface area contributed by atoms with E-state index in [1.54, 1.807) is 10.8 Å². The molecule has 0 spiro atoms. The largest absolute Gasteiger partial charge is 0.492 e. The zero-order chi connectivity index (χ0) is 19.3. The maximum Gasteiger partial charge on any atom is 0.227 e. The van der Waals surface area contributed by atoms with Crippen LogP contribution in [0, 0.1) is 5.92 Å². The smallest absolute Gasteiger partial charge is 0.227 e. The van der Waals surface area contributed by atoms with Gasteiger partial charge >= 0.3 is 0 Å². The van der Waals surface area contributed by atoms with Crippen molar-refractivity contribution in [1.29, 1.82) is 0 Å². The number of rotatable bonds is 6. The van der Waals surface area contributed by atoms with Gasteiger partial charge in [-0.25, -0.2) is 0 Å². The van der Waals surface area contributed by atoms with Crippen LogP contribution in [0.1, 0.15) is 12.8 Å². The quantitative estimate of drug-likeness (QED) is 0.662. The highest BCUT2D eigenvalue weighted by Gasteiger charge is 2.26. The number of amides is 1. The number of ether oxygens (including phenoxy) is 1. The van der Waals surface area contributed by atoms with Crippen molar-refractivity contribution < 1.29 is 9.53 Å². The minimum atomic E-state index is -0.0111. The molecule has 9 nitrogen and oxygen atoms in total. The van der Waals surface area contributed by atoms with Gasteiger partial charge < -0.3 is 20.7 Å². The minimum absolute atomic E-state index is 0.0111. The molecule has 1 saturated heterocycles. The van der Waals surface area contributed by atoms with E-state index in [0.717, 1.165) is 48.8 Å². The molecule has 3 aromatic rings. The number of hydrogen-bond acceptors (Lipinski definition) is 7. The van der Waals surface area contributed by atoms with Gasteiger partial charge in [0.05, 0.1) is 0 Å². The number of nitrogens with two attached hydrogens (primary N) is 1. The molecule has 9 heteroatoms. The third-order valence-electron chi connectivity index (χ3n) is 4.85. The summed E-state index contributed by atoms with van der Waals surface area (Å²) in [5.74, 6) is 1.66. The van der Waals surface area contributed by atoms with Crippen LogP contribution in [0.4, 0.5) is 11.5 Å². The van der Waals surface area contributed by atoms with Gasteiger partial charge in [0, 0.05) is 31.2 Å². The number of aromatic nitrogens is 4. The second-order valence-corrected chi connectivity index (χ2v) is 6.74. The van der Waals surface area contributed by atoms with Crippen molar-refractivity contribution in [3.05, 3.63) is 42.7 Å². The molecule has 1 aliphatic heterocycles. The van der Waals surface area contributed by atoms with Gasteiger partial charge in [-0.05, 0) is 49.2 Å². The van der Waals surface area contributed by atoms with Crippen molar-refractivity contribution in [2.24, 2.45) is 11.7 Å². The molecule has 3 heterocycles. The van der Waals surface area contributed by atoms with Crippen LogP contribution in [0.2, 0.25) is 0 Å². The Bertz CT molecular complexity index is 933. The van der Waals surface area contributed by atoms with Crippen LogP contribution in [-0.4, -0.2) is 52.0 Å². The Hall–Kier alpha value is -3.20. The first-order chi connectivity index (χ1) is 13.7. The highest BCUT2D eigenvalue weighted by molar-refractivity contribution is 5.92. The lowest BCUT2D eigenvalue weighted by Gasteiger charge is -2.32. The van der Waals surface area contributed by atoms with Crippen molar-refractivity contribution in [2.45, 2.75) is 12.8 Å². The zero-order valence-electron chi connectivity index (χ0n) is 15.5. The third kappa shape index (κ3) is 4.04. The molecule has 0 saturated carbocycles. The summed E-state index contributed by atoms with van der Waals surface area (Å²) in [5, 5.41) is 15.3. The van der Waals surface area contributed by atoms with Gasteiger partial charge in [0.15, 0.2) is 5.65 Å². The van der Waals surface area contributed by atoms with Crippen molar-refractivity contribution >= 4 is 23.1 Å². The first-order valence-corrected chi connectivity index (χ1v) is 9.39. The van der Waals surface area contributed by atoms with Crippen LogP contribution >= 0.6 is 0 Å². The van der Waals surface area contributed by atoms with Crippen LogP contribution in [0.5, 0.6) is 5.75 Å². The second-order valence-electron chi connectivity index (χ2n) is 6.74. The molecule has 1 amide bonds. The first kappa shape index (κ1) is 18.2. The van der Waals surface area contributed by atoms with Crippen LogP contribution < -0.4 is 20.7 Å². The fourth-order valence-corrected chi connectivity index (χ4v) is 3.31. The number of anilines is 2. The Morgan fingerprint density at radius 2 is 1.96 bits per heavy atom. The molecule has 28 heavy (non-hydrogen) atoms. The molecule has 1 aliphatic rings. The lowest BCUT2D eigenvalue weighted by atomic mass is 9.96. The number of fused-ring (bicyclic) bond motifs is 1. The predicted molar refractivity (Wildman–Crippen MR) is 105 cm³/mol. The first-order valence-electron chi connectivity index (χ1n) is 9.39. The second kappa shape index (κ2) is 8.22. The highest BCUT2D eigenvalue weighted by atomic mass is 16.5. The van der Waals surface area contributed by atoms with Crippen LogP contribution in [0.15, 0.2) is 42.7 Å². The molecule has 146 valence electrons. The predicted octanol–water partition coefficient (Wildman–Crippen LogP) is 1.32. The van der Waals surface area contributed by atoms with E-state index < -0.39 is 0 Å². The van der Waals surface area contributed by atoms with E-state index in [2.05, 4.69) is 25.5 Å². The van der Waals surface area contributed by atoms with Crippen molar-refractivity contribution in [2.75, 3.05) is 36.5 Å². The number of benzene rings is 1. The van der Waals surface area contributed by atoms with Gasteiger partial charge in [0.1, 0.15) is 24.5 Å². The molecule has 1 fully saturated rings. The topological polar surface area (TPSA) is 111 Å². The van der Waals surface area contributed by atoms with Gasteiger partial charge in [-0.1, -0.05) is 0 Å². The summed E-state index contributed by atoms with van der Waals surface area (Å²) in [6.07, 6.45) is 3.15. The molecular formula is C19H23N7O2. The number of carbonyl (C=O) groups is 1. The molecule has 0 aliphatic carbocycles. The average Bonchev–Trinajstić information content (AvgIpc) is 3.21. The van der Waals surface area contributed by atoms with Crippen LogP contribution in [0.3, 0.4) is 0 Å². The fraction of sp³-hybridized carbons (Fsp3) is 0.368. The van der Waals surface area contributed by atoms with Gasteiger partial charge in [-0.15, -0.1) is 15.3 Å². The molecule has 3 N–H and O–H groups in total. The van der Waals surface area contributed by atoms with Crippen molar-refractivity contribution in [3.63, 3.8) is 0 Å². The van der Waals surface area contributed by atoms with E-state index in [1.807, 2.05) is 36.4 Å². The summed E-state index contributed by atoms with van der Waals surface area (Å²) in [4.78, 5) is 14.8. The van der Waals surface area contributed by atoms with Gasteiger partial charge in [0.2, 0.25) is 5.91 Å². The average molecular weight is 381 g/mol. The van der Waals surface area contributed by atoms with Crippen molar-refractivity contribution in [1.82, 2.24) is 19.8 Å². The van der Waals surface area contributed by atoms with E-state index in [9.17, 15) is 4.79 Å². The Balaban J connectivity index is 1.31. The summed E-state index contributed by atoms with van der Waals surface area (Å²) >= 11 is 0. The molecular weight excluding hydrogens is 358 g/mol. The Kier molecular flexibility index (Phi) is 5.34. The lowest BCUT2D eigenvalue weighted by molar-refractivity contribution is -0.120. The van der Waals surface area contributed by atoms with Gasteiger partial charge in [-0.2, -0.15) is 4.52 Å². The van der Waals surface area contributed by atoms with Gasteiger partial charge in [0.25, 0.3) is 0 Å². The molecule has 0 radical (unpaired) electrons. The van der Waals surface area contributed by atoms with E-state index in [-0.39, 0.29) is 11.8 Å². The third-order valence-corrected chi connectivity index (χ3v) is 4.85. The molecule has 2 aromatic heterocycles. The number of nitrogens with one attached hydrogen (secondary N) is 1. The molecule has 4 rings (SSSR count). The summed E-state index contributed by atoms with van der Waals surface area (Å²) in [6, 6.07) is 11.2. The molecule has 0 atom stereocenters. The van der Waals surface area contributed by atoms with Gasteiger partial charge in [-0.3, -0.25) is 4.79 Å². The minimum Gasteiger partial charge on any atom is -0.492 e. The Morgan fingerprint density at radius 3 is 2.71 bits per heavy atom. The Morgan fingerprint density at radius 1 is 1.18 bits per heavy atom. The highest BCUT2D eigenvalue weighted by Crippen LogP contribution is 2.24. The SMILES string of the molecule is NCCOc1ccc(NC(=O)C2CCN(c3ccc4nncn4n3)CC2)cc1. The molecule has 0 bridgehead atoms. The van der Waals surface area contributed by atoms with E-state index >= 15 is 0 Å². The van der Waals surface area contributed by atoms with Crippen LogP contribution in [-0.2, 0) is 4.79 Å². The fourth-order valence-electron chi connectivity index (χ4n) is 3.31. The molecule has 0 unspecified atom stereocenters. The molecule has 1 aromatic carbocycles. The normalized spacial score (nSPS) is 15.0. The monoisotopic (exact) mass is 381 g/mol. The summed E-state index contributed by atoms with van der Waals surface area (Å²) < 4.78 is 7.11. The number of nitrogens with zero attached hydrogens (tertiary/aromatic N) is 5. The van der Waals surface area contributed by atoms with E-state index in [4.69, 9.17) is 10.5 Å². The zero-order valence-corrected chi connectivity index (χ0v) is 15.5. The summed E-state index contributed by atoms with van der Waals surface area (Å²) in [5.41, 5.74) is 6.92. The van der Waals surface area contributed by atoms with Crippen molar-refractivity contribution in [3.8, 4) is 5.75 Å². The Labute approximate surface area is 162 Å². The maximum atomic E-state index is 12.6. The maximum absolute atomic E-state index is 12.6. The lowest BCUT2D eigenvalue weighted by Crippen LogP contribution is -2.38. The van der Waals surface area contributed by atoms with E-state index in [1.165, 1.54) is 0 Å². The summed E-state index contributed by atoms with van der Waals surface area (Å²) in [7, 11) is 0. The number of piperidine rings is 1. The van der Waals surface area contributed by atoms with Crippen LogP contribution in [0.25, 0.3) is 5.65 Å². The number of hydrogen-bond donors (Lipinski definition) is 2.